The SMILES string of the molecule is CN[C@H](C)c1cn(CC(F)(F)F)c(=O)c2ccccc12. The summed E-state index contributed by atoms with van der Waals surface area (Å²) in [6.07, 6.45) is -3.13. The van der Waals surface area contributed by atoms with Crippen molar-refractivity contribution in [1.82, 2.24) is 9.88 Å². The Morgan fingerprint density at radius 3 is 2.40 bits per heavy atom. The van der Waals surface area contributed by atoms with Gasteiger partial charge in [-0.3, -0.25) is 4.79 Å². The first-order valence-electron chi connectivity index (χ1n) is 6.19. The van der Waals surface area contributed by atoms with Gasteiger partial charge in [0.25, 0.3) is 5.56 Å². The molecule has 0 aliphatic carbocycles. The van der Waals surface area contributed by atoms with Gasteiger partial charge in [0.1, 0.15) is 6.54 Å². The Morgan fingerprint density at radius 2 is 1.85 bits per heavy atom. The maximum Gasteiger partial charge on any atom is 0.406 e. The number of halogens is 3. The molecule has 2 aromatic rings. The molecule has 1 aromatic heterocycles. The Morgan fingerprint density at radius 1 is 1.25 bits per heavy atom. The number of hydrogen-bond donors (Lipinski definition) is 1. The molecule has 0 aliphatic rings. The molecule has 0 fully saturated rings. The fraction of sp³-hybridized carbons (Fsp3) is 0.357. The third-order valence-electron chi connectivity index (χ3n) is 3.27. The minimum atomic E-state index is -4.42. The maximum absolute atomic E-state index is 12.6. The van der Waals surface area contributed by atoms with Crippen molar-refractivity contribution >= 4 is 10.8 Å². The number of nitrogens with one attached hydrogen (secondary N) is 1. The van der Waals surface area contributed by atoms with Gasteiger partial charge in [0.15, 0.2) is 0 Å². The molecule has 0 amide bonds. The molecule has 1 atom stereocenters. The summed E-state index contributed by atoms with van der Waals surface area (Å²) in [6, 6.07) is 6.56. The van der Waals surface area contributed by atoms with Gasteiger partial charge in [-0.2, -0.15) is 13.2 Å². The predicted molar refractivity (Wildman–Crippen MR) is 71.7 cm³/mol. The molecular formula is C14H15F3N2O. The van der Waals surface area contributed by atoms with Crippen LogP contribution < -0.4 is 10.9 Å². The summed E-state index contributed by atoms with van der Waals surface area (Å²) in [5.74, 6) is 0. The van der Waals surface area contributed by atoms with Gasteiger partial charge in [-0.25, -0.2) is 0 Å². The molecule has 108 valence electrons. The first-order valence-corrected chi connectivity index (χ1v) is 6.19. The van der Waals surface area contributed by atoms with E-state index in [-0.39, 0.29) is 6.04 Å². The van der Waals surface area contributed by atoms with Crippen LogP contribution in [0.3, 0.4) is 0 Å². The summed E-state index contributed by atoms with van der Waals surface area (Å²) in [4.78, 5) is 12.1. The Hall–Kier alpha value is -1.82. The number of nitrogens with zero attached hydrogens (tertiary/aromatic N) is 1. The zero-order valence-electron chi connectivity index (χ0n) is 11.2. The standard InChI is InChI=1S/C14H15F3N2O/c1-9(18-2)12-7-19(8-14(15,16)17)13(20)11-6-4-3-5-10(11)12/h3-7,9,18H,8H2,1-2H3/t9-/m1/s1. The largest absolute Gasteiger partial charge is 0.406 e. The molecule has 3 nitrogen and oxygen atoms in total. The van der Waals surface area contributed by atoms with Gasteiger partial charge in [0, 0.05) is 17.6 Å². The van der Waals surface area contributed by atoms with E-state index in [9.17, 15) is 18.0 Å². The van der Waals surface area contributed by atoms with Gasteiger partial charge >= 0.3 is 6.18 Å². The van der Waals surface area contributed by atoms with Crippen molar-refractivity contribution in [3.63, 3.8) is 0 Å². The van der Waals surface area contributed by atoms with Gasteiger partial charge in [-0.15, -0.1) is 0 Å². The fourth-order valence-electron chi connectivity index (χ4n) is 2.18. The smallest absolute Gasteiger partial charge is 0.313 e. The minimum absolute atomic E-state index is 0.153. The lowest BCUT2D eigenvalue weighted by atomic mass is 10.0. The van der Waals surface area contributed by atoms with Crippen molar-refractivity contribution < 1.29 is 13.2 Å². The maximum atomic E-state index is 12.6. The van der Waals surface area contributed by atoms with Crippen LogP contribution in [0.1, 0.15) is 18.5 Å². The van der Waals surface area contributed by atoms with Gasteiger partial charge in [-0.05, 0) is 31.0 Å². The van der Waals surface area contributed by atoms with E-state index in [0.29, 0.717) is 16.3 Å². The summed E-state index contributed by atoms with van der Waals surface area (Å²) in [5.41, 5.74) is 0.0527. The summed E-state index contributed by atoms with van der Waals surface area (Å²) in [7, 11) is 1.72. The summed E-state index contributed by atoms with van der Waals surface area (Å²) in [6.45, 7) is 0.560. The number of pyridine rings is 1. The van der Waals surface area contributed by atoms with Crippen molar-refractivity contribution in [2.24, 2.45) is 0 Å². The summed E-state index contributed by atoms with van der Waals surface area (Å²) < 4.78 is 38.4. The normalized spacial score (nSPS) is 13.7. The number of hydrogen-bond acceptors (Lipinski definition) is 2. The Bertz CT molecular complexity index is 676. The Kier molecular flexibility index (Phi) is 3.85. The van der Waals surface area contributed by atoms with Crippen LogP contribution in [0.5, 0.6) is 0 Å². The van der Waals surface area contributed by atoms with Crippen LogP contribution in [0.2, 0.25) is 0 Å². The molecule has 6 heteroatoms. The quantitative estimate of drug-likeness (QED) is 0.940. The fourth-order valence-corrected chi connectivity index (χ4v) is 2.18. The molecule has 0 saturated carbocycles. The van der Waals surface area contributed by atoms with E-state index in [1.165, 1.54) is 6.20 Å². The molecule has 20 heavy (non-hydrogen) atoms. The van der Waals surface area contributed by atoms with E-state index in [2.05, 4.69) is 5.32 Å². The van der Waals surface area contributed by atoms with Crippen molar-refractivity contribution in [2.45, 2.75) is 25.7 Å². The van der Waals surface area contributed by atoms with Crippen LogP contribution in [0.15, 0.2) is 35.3 Å². The molecule has 0 saturated heterocycles. The monoisotopic (exact) mass is 284 g/mol. The van der Waals surface area contributed by atoms with E-state index < -0.39 is 18.3 Å². The highest BCUT2D eigenvalue weighted by atomic mass is 19.4. The molecule has 0 unspecified atom stereocenters. The van der Waals surface area contributed by atoms with Crippen LogP contribution >= 0.6 is 0 Å². The highest BCUT2D eigenvalue weighted by Gasteiger charge is 2.29. The second-order valence-electron chi connectivity index (χ2n) is 4.69. The summed E-state index contributed by atoms with van der Waals surface area (Å²) >= 11 is 0. The zero-order chi connectivity index (χ0) is 14.9. The first kappa shape index (κ1) is 14.6. The topological polar surface area (TPSA) is 34.0 Å². The highest BCUT2D eigenvalue weighted by molar-refractivity contribution is 5.85. The van der Waals surface area contributed by atoms with Crippen LogP contribution in [-0.4, -0.2) is 17.8 Å². The number of aromatic nitrogens is 1. The number of fused-ring (bicyclic) bond motifs is 1. The molecule has 0 spiro atoms. The van der Waals surface area contributed by atoms with Crippen molar-refractivity contribution in [3.8, 4) is 0 Å². The van der Waals surface area contributed by atoms with Crippen LogP contribution in [0, 0.1) is 0 Å². The number of rotatable bonds is 3. The van der Waals surface area contributed by atoms with E-state index in [0.717, 1.165) is 4.57 Å². The lowest BCUT2D eigenvalue weighted by Gasteiger charge is -2.17. The zero-order valence-corrected chi connectivity index (χ0v) is 11.2. The molecule has 0 bridgehead atoms. The van der Waals surface area contributed by atoms with Gasteiger partial charge in [0.2, 0.25) is 0 Å². The average Bonchev–Trinajstić information content (AvgIpc) is 2.40. The Labute approximate surface area is 114 Å². The minimum Gasteiger partial charge on any atom is -0.313 e. The van der Waals surface area contributed by atoms with Crippen molar-refractivity contribution in [1.29, 1.82) is 0 Å². The Balaban J connectivity index is 2.72. The second-order valence-corrected chi connectivity index (χ2v) is 4.69. The number of alkyl halides is 3. The molecule has 0 aliphatic heterocycles. The summed E-state index contributed by atoms with van der Waals surface area (Å²) in [5, 5.41) is 3.97. The molecule has 1 heterocycles. The van der Waals surface area contributed by atoms with E-state index >= 15 is 0 Å². The molecule has 2 rings (SSSR count). The van der Waals surface area contributed by atoms with E-state index in [1.807, 2.05) is 6.92 Å². The average molecular weight is 284 g/mol. The van der Waals surface area contributed by atoms with Crippen LogP contribution in [0.4, 0.5) is 13.2 Å². The number of benzene rings is 1. The molecule has 1 aromatic carbocycles. The van der Waals surface area contributed by atoms with Crippen molar-refractivity contribution in [2.75, 3.05) is 7.05 Å². The third kappa shape index (κ3) is 2.85. The van der Waals surface area contributed by atoms with Crippen LogP contribution in [-0.2, 0) is 6.54 Å². The molecular weight excluding hydrogens is 269 g/mol. The lowest BCUT2D eigenvalue weighted by Crippen LogP contribution is -2.29. The first-order chi connectivity index (χ1) is 9.33. The van der Waals surface area contributed by atoms with E-state index in [4.69, 9.17) is 0 Å². The van der Waals surface area contributed by atoms with Gasteiger partial charge in [0.05, 0.1) is 0 Å². The molecule has 0 radical (unpaired) electrons. The van der Waals surface area contributed by atoms with Crippen molar-refractivity contribution in [3.05, 3.63) is 46.4 Å². The molecule has 1 N–H and O–H groups in total. The highest BCUT2D eigenvalue weighted by Crippen LogP contribution is 2.23. The van der Waals surface area contributed by atoms with E-state index in [1.54, 1.807) is 31.3 Å². The second kappa shape index (κ2) is 5.28. The third-order valence-corrected chi connectivity index (χ3v) is 3.27. The predicted octanol–water partition coefficient (Wildman–Crippen LogP) is 2.84. The van der Waals surface area contributed by atoms with Crippen LogP contribution in [0.25, 0.3) is 10.8 Å². The van der Waals surface area contributed by atoms with Gasteiger partial charge < -0.3 is 9.88 Å². The lowest BCUT2D eigenvalue weighted by molar-refractivity contribution is -0.141. The van der Waals surface area contributed by atoms with Gasteiger partial charge in [-0.1, -0.05) is 18.2 Å².